The minimum Gasteiger partial charge on any atom is -0.480 e. The number of hydrogen-bond acceptors (Lipinski definition) is 8. The molecule has 0 aliphatic heterocycles. The van der Waals surface area contributed by atoms with Gasteiger partial charge < -0.3 is 25.2 Å². The number of phosphoric acid groups is 1. The van der Waals surface area contributed by atoms with Crippen LogP contribution in [0.15, 0.2) is 12.2 Å². The Hall–Kier alpha value is -1.78. The number of phosphoric ester groups is 1. The summed E-state index contributed by atoms with van der Waals surface area (Å²) in [5.41, 5.74) is 0. The zero-order chi connectivity index (χ0) is 39.3. The van der Waals surface area contributed by atoms with Gasteiger partial charge in [-0.3, -0.25) is 18.6 Å². The largest absolute Gasteiger partial charge is 0.480 e. The van der Waals surface area contributed by atoms with Crippen LogP contribution in [0.25, 0.3) is 0 Å². The lowest BCUT2D eigenvalue weighted by Crippen LogP contribution is -2.43. The van der Waals surface area contributed by atoms with Gasteiger partial charge in [0.25, 0.3) is 0 Å². The van der Waals surface area contributed by atoms with E-state index < -0.39 is 57.6 Å². The molecule has 3 atom stereocenters. The first-order valence-electron chi connectivity index (χ1n) is 21.2. The highest BCUT2D eigenvalue weighted by molar-refractivity contribution is 7.47. The fourth-order valence-electron chi connectivity index (χ4n) is 5.96. The molecule has 53 heavy (non-hydrogen) atoms. The molecule has 0 saturated heterocycles. The number of carbonyl (C=O) groups is 3. The number of ether oxygens (including phenoxy) is 1. The number of unbranched alkanes of at least 4 members (excludes halogenated alkanes) is 24. The van der Waals surface area contributed by atoms with E-state index in [1.807, 2.05) is 0 Å². The molecular weight excluding hydrogens is 697 g/mol. The van der Waals surface area contributed by atoms with Gasteiger partial charge in [-0.1, -0.05) is 161 Å². The summed E-state index contributed by atoms with van der Waals surface area (Å²) in [7, 11) is -4.74. The highest BCUT2D eigenvalue weighted by atomic mass is 31.2. The van der Waals surface area contributed by atoms with Crippen LogP contribution in [0.5, 0.6) is 0 Å². The monoisotopic (exact) mass is 776 g/mol. The van der Waals surface area contributed by atoms with Crippen molar-refractivity contribution in [2.45, 2.75) is 212 Å². The van der Waals surface area contributed by atoms with Crippen molar-refractivity contribution in [1.29, 1.82) is 0 Å². The van der Waals surface area contributed by atoms with Crippen molar-refractivity contribution >= 4 is 25.7 Å². The Kier molecular flexibility index (Phi) is 35.9. The molecule has 1 amide bonds. The van der Waals surface area contributed by atoms with Crippen molar-refractivity contribution in [3.8, 4) is 0 Å². The Morgan fingerprint density at radius 3 is 1.43 bits per heavy atom. The number of nitrogens with one attached hydrogen (secondary N) is 1. The molecule has 4 N–H and O–H groups in total. The number of allylic oxidation sites excluding steroid dienone is 2. The number of carboxylic acids is 1. The maximum absolute atomic E-state index is 12.3. The molecule has 0 rings (SSSR count). The molecule has 0 aromatic carbocycles. The topological polar surface area (TPSA) is 169 Å². The standard InChI is InChI=1S/C41H78NO10P/c1-3-5-7-9-11-12-13-14-15-16-17-18-19-20-21-22-23-24-25-26-27-28-30-32-39(44)42-38(41(46)47)36-52-53(48,49)51-35-37(43)34-50-40(45)33-31-29-10-8-6-4-2/h14-15,37-38,43H,3-13,16-36H2,1-2H3,(H,42,44)(H,46,47)(H,48,49)/b15-14+. The Labute approximate surface area is 322 Å². The van der Waals surface area contributed by atoms with E-state index in [9.17, 15) is 34.1 Å². The smallest absolute Gasteiger partial charge is 0.472 e. The van der Waals surface area contributed by atoms with Crippen LogP contribution in [0.3, 0.4) is 0 Å². The third kappa shape index (κ3) is 36.9. The summed E-state index contributed by atoms with van der Waals surface area (Å²) < 4.78 is 26.6. The van der Waals surface area contributed by atoms with E-state index in [-0.39, 0.29) is 12.8 Å². The highest BCUT2D eigenvalue weighted by Crippen LogP contribution is 2.43. The summed E-state index contributed by atoms with van der Waals surface area (Å²) in [5.74, 6) is -2.37. The zero-order valence-corrected chi connectivity index (χ0v) is 34.5. The number of amides is 1. The normalized spacial score (nSPS) is 13.9. The quantitative estimate of drug-likeness (QED) is 0.0203. The third-order valence-electron chi connectivity index (χ3n) is 9.30. The molecule has 0 saturated carbocycles. The van der Waals surface area contributed by atoms with Gasteiger partial charge >= 0.3 is 19.8 Å². The summed E-state index contributed by atoms with van der Waals surface area (Å²) in [4.78, 5) is 45.6. The average molecular weight is 776 g/mol. The summed E-state index contributed by atoms with van der Waals surface area (Å²) in [6.07, 6.45) is 35.7. The average Bonchev–Trinajstić information content (AvgIpc) is 3.13. The minimum absolute atomic E-state index is 0.149. The number of rotatable bonds is 40. The Balaban J connectivity index is 3.80. The first-order chi connectivity index (χ1) is 25.6. The van der Waals surface area contributed by atoms with E-state index in [1.165, 1.54) is 116 Å². The first kappa shape index (κ1) is 51.2. The summed E-state index contributed by atoms with van der Waals surface area (Å²) in [6, 6.07) is -1.54. The number of aliphatic carboxylic acids is 1. The van der Waals surface area contributed by atoms with Crippen molar-refractivity contribution < 1.29 is 47.8 Å². The summed E-state index contributed by atoms with van der Waals surface area (Å²) >= 11 is 0. The van der Waals surface area contributed by atoms with Crippen LogP contribution in [-0.2, 0) is 32.7 Å². The second-order valence-corrected chi connectivity index (χ2v) is 16.0. The van der Waals surface area contributed by atoms with Gasteiger partial charge in [0.05, 0.1) is 13.2 Å². The Bertz CT molecular complexity index is 963. The highest BCUT2D eigenvalue weighted by Gasteiger charge is 2.28. The van der Waals surface area contributed by atoms with Crippen molar-refractivity contribution in [3.05, 3.63) is 12.2 Å². The van der Waals surface area contributed by atoms with Crippen molar-refractivity contribution in [1.82, 2.24) is 5.32 Å². The number of carbonyl (C=O) groups excluding carboxylic acids is 2. The lowest BCUT2D eigenvalue weighted by Gasteiger charge is -2.18. The SMILES string of the molecule is CCCCCCCC/C=C/CCCCCCCCCCCCCCCC(=O)NC(COP(=O)(O)OCC(O)COC(=O)CCCCCCCC)C(=O)O. The van der Waals surface area contributed by atoms with Crippen LogP contribution in [0, 0.1) is 0 Å². The predicted molar refractivity (Wildman–Crippen MR) is 213 cm³/mol. The maximum Gasteiger partial charge on any atom is 0.472 e. The molecule has 0 aromatic heterocycles. The van der Waals surface area contributed by atoms with E-state index in [1.54, 1.807) is 0 Å². The van der Waals surface area contributed by atoms with Crippen LogP contribution < -0.4 is 5.32 Å². The molecule has 0 aliphatic carbocycles. The number of carboxylic acid groups (broad SMARTS) is 1. The van der Waals surface area contributed by atoms with Gasteiger partial charge in [0, 0.05) is 12.8 Å². The van der Waals surface area contributed by atoms with Crippen molar-refractivity contribution in [2.24, 2.45) is 0 Å². The van der Waals surface area contributed by atoms with Crippen LogP contribution in [0.4, 0.5) is 0 Å². The van der Waals surface area contributed by atoms with E-state index in [4.69, 9.17) is 13.8 Å². The fourth-order valence-corrected chi connectivity index (χ4v) is 6.73. The third-order valence-corrected chi connectivity index (χ3v) is 10.3. The molecule has 0 heterocycles. The minimum atomic E-state index is -4.74. The van der Waals surface area contributed by atoms with Crippen LogP contribution in [-0.4, -0.2) is 64.9 Å². The van der Waals surface area contributed by atoms with E-state index >= 15 is 0 Å². The molecule has 3 unspecified atom stereocenters. The van der Waals surface area contributed by atoms with E-state index in [0.717, 1.165) is 44.9 Å². The Morgan fingerprint density at radius 2 is 0.981 bits per heavy atom. The van der Waals surface area contributed by atoms with Crippen molar-refractivity contribution in [3.63, 3.8) is 0 Å². The van der Waals surface area contributed by atoms with Crippen molar-refractivity contribution in [2.75, 3.05) is 19.8 Å². The van der Waals surface area contributed by atoms with Crippen LogP contribution >= 0.6 is 7.82 Å². The van der Waals surface area contributed by atoms with Gasteiger partial charge in [-0.05, 0) is 38.5 Å². The number of hydrogen-bond donors (Lipinski definition) is 4. The first-order valence-corrected chi connectivity index (χ1v) is 22.7. The molecule has 0 fully saturated rings. The molecule has 0 aliphatic rings. The van der Waals surface area contributed by atoms with Gasteiger partial charge in [0.15, 0.2) is 6.04 Å². The molecule has 0 radical (unpaired) electrons. The maximum atomic E-state index is 12.3. The van der Waals surface area contributed by atoms with Crippen LogP contribution in [0.2, 0.25) is 0 Å². The fraction of sp³-hybridized carbons (Fsp3) is 0.878. The van der Waals surface area contributed by atoms with Gasteiger partial charge in [0.1, 0.15) is 12.7 Å². The molecular formula is C41H78NO10P. The summed E-state index contributed by atoms with van der Waals surface area (Å²) in [5, 5.41) is 21.7. The van der Waals surface area contributed by atoms with Gasteiger partial charge in [0.2, 0.25) is 5.91 Å². The Morgan fingerprint density at radius 1 is 0.585 bits per heavy atom. The lowest BCUT2D eigenvalue weighted by atomic mass is 10.0. The molecule has 0 spiro atoms. The number of aliphatic hydroxyl groups is 1. The second-order valence-electron chi connectivity index (χ2n) is 14.5. The van der Waals surface area contributed by atoms with Crippen LogP contribution in [0.1, 0.15) is 200 Å². The van der Waals surface area contributed by atoms with Gasteiger partial charge in [-0.25, -0.2) is 9.36 Å². The lowest BCUT2D eigenvalue weighted by molar-refractivity contribution is -0.147. The molecule has 12 heteroatoms. The molecule has 312 valence electrons. The van der Waals surface area contributed by atoms with E-state index in [2.05, 4.69) is 31.3 Å². The summed E-state index contributed by atoms with van der Waals surface area (Å²) in [6.45, 7) is 2.51. The second kappa shape index (κ2) is 37.2. The van der Waals surface area contributed by atoms with Gasteiger partial charge in [-0.2, -0.15) is 0 Å². The number of aliphatic hydroxyl groups excluding tert-OH is 1. The molecule has 0 bridgehead atoms. The zero-order valence-electron chi connectivity index (χ0n) is 33.6. The van der Waals surface area contributed by atoms with E-state index in [0.29, 0.717) is 12.8 Å². The molecule has 0 aromatic rings. The number of esters is 1. The predicted octanol–water partition coefficient (Wildman–Crippen LogP) is 10.5. The molecule has 11 nitrogen and oxygen atoms in total. The van der Waals surface area contributed by atoms with Gasteiger partial charge in [-0.15, -0.1) is 0 Å².